The average molecular weight is 285 g/mol. The summed E-state index contributed by atoms with van der Waals surface area (Å²) in [6.45, 7) is 1.94. The zero-order chi connectivity index (χ0) is 13.8. The van der Waals surface area contributed by atoms with Gasteiger partial charge in [0.1, 0.15) is 11.8 Å². The Hall–Kier alpha value is -1.95. The zero-order valence-electron chi connectivity index (χ0n) is 10.2. The Balaban J connectivity index is 2.43. The molecule has 0 aromatic carbocycles. The van der Waals surface area contributed by atoms with Gasteiger partial charge >= 0.3 is 12.0 Å². The normalized spacial score (nSPS) is 18.8. The second-order valence-electron chi connectivity index (χ2n) is 3.79. The lowest BCUT2D eigenvalue weighted by Gasteiger charge is -2.26. The van der Waals surface area contributed by atoms with Crippen LogP contribution in [0.25, 0.3) is 0 Å². The summed E-state index contributed by atoms with van der Waals surface area (Å²) in [7, 11) is 0. The number of furan rings is 1. The number of carbonyl (C=O) groups is 2. The fraction of sp³-hybridized carbons (Fsp3) is 0.333. The highest BCUT2D eigenvalue weighted by Crippen LogP contribution is 2.28. The van der Waals surface area contributed by atoms with Crippen LogP contribution in [0.3, 0.4) is 0 Å². The molecular formula is C12H13ClN2O4. The van der Waals surface area contributed by atoms with E-state index in [0.717, 1.165) is 0 Å². The van der Waals surface area contributed by atoms with Crippen LogP contribution in [0.15, 0.2) is 34.1 Å². The van der Waals surface area contributed by atoms with Gasteiger partial charge in [-0.3, -0.25) is 0 Å². The lowest BCUT2D eigenvalue weighted by molar-refractivity contribution is -0.139. The highest BCUT2D eigenvalue weighted by molar-refractivity contribution is 6.20. The summed E-state index contributed by atoms with van der Waals surface area (Å²) < 4.78 is 10.2. The smallest absolute Gasteiger partial charge is 0.338 e. The number of nitrogens with one attached hydrogen (secondary N) is 2. The molecule has 102 valence electrons. The van der Waals surface area contributed by atoms with Crippen molar-refractivity contribution in [1.82, 2.24) is 10.6 Å². The summed E-state index contributed by atoms with van der Waals surface area (Å²) in [4.78, 5) is 23.6. The van der Waals surface area contributed by atoms with Gasteiger partial charge < -0.3 is 19.8 Å². The maximum atomic E-state index is 12.0. The summed E-state index contributed by atoms with van der Waals surface area (Å²) in [6.07, 6.45) is 1.46. The summed E-state index contributed by atoms with van der Waals surface area (Å²) in [5.41, 5.74) is 0.580. The maximum absolute atomic E-state index is 12.0. The van der Waals surface area contributed by atoms with E-state index in [4.69, 9.17) is 20.8 Å². The van der Waals surface area contributed by atoms with Crippen molar-refractivity contribution in [1.29, 1.82) is 0 Å². The number of hydrogen-bond acceptors (Lipinski definition) is 4. The van der Waals surface area contributed by atoms with Crippen molar-refractivity contribution in [3.63, 3.8) is 0 Å². The quantitative estimate of drug-likeness (QED) is 0.651. The number of amides is 2. The number of urea groups is 1. The minimum absolute atomic E-state index is 0.00121. The van der Waals surface area contributed by atoms with Crippen LogP contribution in [0.1, 0.15) is 18.7 Å². The van der Waals surface area contributed by atoms with Crippen molar-refractivity contribution in [2.24, 2.45) is 0 Å². The van der Waals surface area contributed by atoms with Crippen molar-refractivity contribution in [2.45, 2.75) is 13.0 Å². The van der Waals surface area contributed by atoms with E-state index in [9.17, 15) is 9.59 Å². The maximum Gasteiger partial charge on any atom is 0.338 e. The predicted octanol–water partition coefficient (Wildman–Crippen LogP) is 1.69. The molecule has 1 aromatic heterocycles. The second-order valence-corrected chi connectivity index (χ2v) is 4.06. The second kappa shape index (κ2) is 5.79. The number of hydrogen-bond donors (Lipinski definition) is 2. The van der Waals surface area contributed by atoms with Gasteiger partial charge in [0.15, 0.2) is 0 Å². The minimum atomic E-state index is -0.698. The fourth-order valence-corrected chi connectivity index (χ4v) is 2.05. The van der Waals surface area contributed by atoms with Crippen molar-refractivity contribution in [3.05, 3.63) is 35.4 Å². The number of rotatable bonds is 4. The first-order chi connectivity index (χ1) is 9.17. The molecule has 0 radical (unpaired) electrons. The number of allylic oxidation sites excluding steroid dienone is 1. The molecule has 1 aromatic rings. The molecule has 0 bridgehead atoms. The Kier molecular flexibility index (Phi) is 4.11. The molecule has 1 aliphatic rings. The van der Waals surface area contributed by atoms with E-state index < -0.39 is 18.0 Å². The molecule has 1 atom stereocenters. The predicted molar refractivity (Wildman–Crippen MR) is 67.5 cm³/mol. The van der Waals surface area contributed by atoms with Crippen molar-refractivity contribution < 1.29 is 18.7 Å². The molecule has 7 heteroatoms. The van der Waals surface area contributed by atoms with E-state index in [1.807, 2.05) is 0 Å². The fourth-order valence-electron chi connectivity index (χ4n) is 1.84. The van der Waals surface area contributed by atoms with Gasteiger partial charge in [0, 0.05) is 5.70 Å². The van der Waals surface area contributed by atoms with Gasteiger partial charge in [-0.2, -0.15) is 0 Å². The van der Waals surface area contributed by atoms with Crippen molar-refractivity contribution >= 4 is 23.6 Å². The van der Waals surface area contributed by atoms with Crippen LogP contribution >= 0.6 is 11.6 Å². The molecule has 0 fully saturated rings. The van der Waals surface area contributed by atoms with Crippen LogP contribution in [0.4, 0.5) is 4.79 Å². The van der Waals surface area contributed by atoms with Gasteiger partial charge in [0.2, 0.25) is 0 Å². The highest BCUT2D eigenvalue weighted by atomic mass is 35.5. The SMILES string of the molecule is CCOC(=O)C1=C(CCl)NC(=O)NC1c1ccco1. The molecule has 2 N–H and O–H groups in total. The van der Waals surface area contributed by atoms with Crippen molar-refractivity contribution in [2.75, 3.05) is 12.5 Å². The third-order valence-corrected chi connectivity index (χ3v) is 2.88. The van der Waals surface area contributed by atoms with Gasteiger partial charge in [-0.25, -0.2) is 9.59 Å². The van der Waals surface area contributed by atoms with E-state index in [1.54, 1.807) is 19.1 Å². The molecule has 0 aliphatic carbocycles. The lowest BCUT2D eigenvalue weighted by Crippen LogP contribution is -2.46. The van der Waals surface area contributed by atoms with E-state index in [1.165, 1.54) is 6.26 Å². The Morgan fingerprint density at radius 3 is 2.95 bits per heavy atom. The van der Waals surface area contributed by atoms with Gasteiger partial charge in [0.05, 0.1) is 24.3 Å². The van der Waals surface area contributed by atoms with Crippen LogP contribution in [-0.4, -0.2) is 24.5 Å². The Morgan fingerprint density at radius 1 is 1.58 bits per heavy atom. The largest absolute Gasteiger partial charge is 0.467 e. The molecule has 0 spiro atoms. The molecule has 1 aliphatic heterocycles. The number of carbonyl (C=O) groups excluding carboxylic acids is 2. The molecular weight excluding hydrogens is 272 g/mol. The third kappa shape index (κ3) is 2.73. The average Bonchev–Trinajstić information content (AvgIpc) is 2.91. The van der Waals surface area contributed by atoms with E-state index >= 15 is 0 Å². The molecule has 1 unspecified atom stereocenters. The van der Waals surface area contributed by atoms with Crippen LogP contribution in [0, 0.1) is 0 Å². The summed E-state index contributed by atoms with van der Waals surface area (Å²) in [5.74, 6) is -0.0914. The standard InChI is InChI=1S/C12H13ClN2O4/c1-2-18-11(16)9-7(6-13)14-12(17)15-10(9)8-4-3-5-19-8/h3-5,10H,2,6H2,1H3,(H2,14,15,17). The van der Waals surface area contributed by atoms with Crippen LogP contribution in [0.5, 0.6) is 0 Å². The first-order valence-electron chi connectivity index (χ1n) is 5.74. The zero-order valence-corrected chi connectivity index (χ0v) is 11.0. The Labute approximate surface area is 114 Å². The Bertz CT molecular complexity index is 510. The van der Waals surface area contributed by atoms with Crippen LogP contribution < -0.4 is 10.6 Å². The van der Waals surface area contributed by atoms with E-state index in [0.29, 0.717) is 11.5 Å². The number of ether oxygens (including phenoxy) is 1. The molecule has 0 saturated heterocycles. The molecule has 6 nitrogen and oxygen atoms in total. The summed E-state index contributed by atoms with van der Waals surface area (Å²) in [6, 6.07) is 2.20. The van der Waals surface area contributed by atoms with Crippen molar-refractivity contribution in [3.8, 4) is 0 Å². The van der Waals surface area contributed by atoms with Crippen LogP contribution in [0.2, 0.25) is 0 Å². The molecule has 2 amide bonds. The topological polar surface area (TPSA) is 80.6 Å². The van der Waals surface area contributed by atoms with Crippen LogP contribution in [-0.2, 0) is 9.53 Å². The first kappa shape index (κ1) is 13.5. The Morgan fingerprint density at radius 2 is 2.37 bits per heavy atom. The first-order valence-corrected chi connectivity index (χ1v) is 6.27. The highest BCUT2D eigenvalue weighted by Gasteiger charge is 2.34. The molecule has 2 heterocycles. The molecule has 19 heavy (non-hydrogen) atoms. The van der Waals surface area contributed by atoms with Gasteiger partial charge in [-0.05, 0) is 19.1 Å². The van der Waals surface area contributed by atoms with E-state index in [-0.39, 0.29) is 18.1 Å². The van der Waals surface area contributed by atoms with Gasteiger partial charge in [0.25, 0.3) is 0 Å². The molecule has 2 rings (SSSR count). The van der Waals surface area contributed by atoms with Gasteiger partial charge in [-0.15, -0.1) is 11.6 Å². The number of esters is 1. The third-order valence-electron chi connectivity index (χ3n) is 2.61. The summed E-state index contributed by atoms with van der Waals surface area (Å²) in [5, 5.41) is 5.11. The summed E-state index contributed by atoms with van der Waals surface area (Å²) >= 11 is 5.77. The number of halogens is 1. The molecule has 0 saturated carbocycles. The number of alkyl halides is 1. The monoisotopic (exact) mass is 284 g/mol. The van der Waals surface area contributed by atoms with Gasteiger partial charge in [-0.1, -0.05) is 0 Å². The lowest BCUT2D eigenvalue weighted by atomic mass is 10.0. The van der Waals surface area contributed by atoms with E-state index in [2.05, 4.69) is 10.6 Å². The minimum Gasteiger partial charge on any atom is -0.467 e.